The second-order valence-corrected chi connectivity index (χ2v) is 5.44. The van der Waals surface area contributed by atoms with E-state index in [-0.39, 0.29) is 0 Å². The number of rotatable bonds is 1. The van der Waals surface area contributed by atoms with Crippen LogP contribution in [0, 0.1) is 0 Å². The minimum atomic E-state index is 0.815. The van der Waals surface area contributed by atoms with E-state index in [0.29, 0.717) is 0 Å². The predicted octanol–water partition coefficient (Wildman–Crippen LogP) is 3.92. The van der Waals surface area contributed by atoms with Crippen molar-refractivity contribution < 1.29 is 0 Å². The zero-order valence-corrected chi connectivity index (χ0v) is 9.99. The minimum absolute atomic E-state index is 0.815. The van der Waals surface area contributed by atoms with E-state index in [2.05, 4.69) is 20.9 Å². The molecule has 1 aromatic rings. The fourth-order valence-corrected chi connectivity index (χ4v) is 3.86. The van der Waals surface area contributed by atoms with Gasteiger partial charge in [-0.25, -0.2) is 0 Å². The van der Waals surface area contributed by atoms with Crippen molar-refractivity contribution in [2.45, 2.75) is 50.9 Å². The van der Waals surface area contributed by atoms with Crippen LogP contribution in [0.15, 0.2) is 4.47 Å². The summed E-state index contributed by atoms with van der Waals surface area (Å²) in [6.07, 6.45) is 9.49. The van der Waals surface area contributed by atoms with Gasteiger partial charge in [0.1, 0.15) is 0 Å². The molecule has 2 aliphatic rings. The van der Waals surface area contributed by atoms with Gasteiger partial charge in [0.25, 0.3) is 0 Å². The number of fused-ring (bicyclic) bond motifs is 1. The maximum absolute atomic E-state index is 3.78. The molecule has 1 N–H and O–H groups in total. The molecule has 0 aliphatic heterocycles. The molecule has 76 valence electrons. The van der Waals surface area contributed by atoms with Crippen LogP contribution in [0.4, 0.5) is 0 Å². The summed E-state index contributed by atoms with van der Waals surface area (Å²) in [7, 11) is 0. The Balaban J connectivity index is 1.98. The lowest BCUT2D eigenvalue weighted by Crippen LogP contribution is -1.94. The van der Waals surface area contributed by atoms with E-state index in [4.69, 9.17) is 0 Å². The van der Waals surface area contributed by atoms with Gasteiger partial charge >= 0.3 is 0 Å². The molecule has 1 saturated carbocycles. The topological polar surface area (TPSA) is 15.8 Å². The van der Waals surface area contributed by atoms with Gasteiger partial charge in [-0.3, -0.25) is 0 Å². The van der Waals surface area contributed by atoms with Crippen molar-refractivity contribution in [3.05, 3.63) is 21.4 Å². The Bertz CT molecular complexity index is 347. The Morgan fingerprint density at radius 3 is 2.57 bits per heavy atom. The molecule has 1 fully saturated rings. The van der Waals surface area contributed by atoms with Crippen molar-refractivity contribution in [3.8, 4) is 0 Å². The van der Waals surface area contributed by atoms with Crippen LogP contribution < -0.4 is 0 Å². The van der Waals surface area contributed by atoms with Crippen molar-refractivity contribution in [3.63, 3.8) is 0 Å². The number of hydrogen-bond acceptors (Lipinski definition) is 0. The number of halogens is 1. The van der Waals surface area contributed by atoms with Crippen LogP contribution in [0.2, 0.25) is 0 Å². The standard InChI is InChI=1S/C12H16BrN/c13-11-9-6-3-7-10(9)14-12(11)8-4-1-2-5-8/h8,14H,1-7H2. The van der Waals surface area contributed by atoms with Crippen LogP contribution in [-0.2, 0) is 12.8 Å². The molecule has 14 heavy (non-hydrogen) atoms. The van der Waals surface area contributed by atoms with Gasteiger partial charge in [0.15, 0.2) is 0 Å². The molecule has 0 unspecified atom stereocenters. The van der Waals surface area contributed by atoms with Gasteiger partial charge in [0.2, 0.25) is 0 Å². The molecule has 0 saturated heterocycles. The van der Waals surface area contributed by atoms with Crippen LogP contribution in [0.25, 0.3) is 0 Å². The lowest BCUT2D eigenvalue weighted by atomic mass is 10.0. The third kappa shape index (κ3) is 1.27. The van der Waals surface area contributed by atoms with Gasteiger partial charge in [0.05, 0.1) is 0 Å². The Hall–Kier alpha value is -0.240. The van der Waals surface area contributed by atoms with Gasteiger partial charge in [-0.05, 0) is 53.6 Å². The quantitative estimate of drug-likeness (QED) is 0.781. The predicted molar refractivity (Wildman–Crippen MR) is 61.7 cm³/mol. The highest BCUT2D eigenvalue weighted by Crippen LogP contribution is 2.41. The summed E-state index contributed by atoms with van der Waals surface area (Å²) in [6, 6.07) is 0. The molecule has 0 amide bonds. The molecule has 3 rings (SSSR count). The van der Waals surface area contributed by atoms with E-state index in [1.54, 1.807) is 5.56 Å². The molecule has 2 heteroatoms. The Morgan fingerprint density at radius 1 is 1.07 bits per heavy atom. The van der Waals surface area contributed by atoms with Gasteiger partial charge in [-0.2, -0.15) is 0 Å². The summed E-state index contributed by atoms with van der Waals surface area (Å²) < 4.78 is 1.41. The summed E-state index contributed by atoms with van der Waals surface area (Å²) in [6.45, 7) is 0. The first-order valence-electron chi connectivity index (χ1n) is 5.75. The van der Waals surface area contributed by atoms with E-state index >= 15 is 0 Å². The Kier molecular flexibility index (Phi) is 2.19. The van der Waals surface area contributed by atoms with E-state index in [1.807, 2.05) is 0 Å². The lowest BCUT2D eigenvalue weighted by molar-refractivity contribution is 0.692. The zero-order chi connectivity index (χ0) is 9.54. The fraction of sp³-hybridized carbons (Fsp3) is 0.667. The summed E-state index contributed by atoms with van der Waals surface area (Å²) in [5.41, 5.74) is 4.60. The smallest absolute Gasteiger partial charge is 0.0420 e. The van der Waals surface area contributed by atoms with Crippen LogP contribution in [0.1, 0.15) is 55.0 Å². The van der Waals surface area contributed by atoms with Crippen molar-refractivity contribution in [1.29, 1.82) is 0 Å². The number of H-pyrrole nitrogens is 1. The Labute approximate surface area is 93.4 Å². The number of hydrogen-bond donors (Lipinski definition) is 1. The van der Waals surface area contributed by atoms with Gasteiger partial charge in [-0.1, -0.05) is 12.8 Å². The molecule has 0 atom stereocenters. The first-order valence-corrected chi connectivity index (χ1v) is 6.54. The first kappa shape index (κ1) is 9.02. The molecule has 0 radical (unpaired) electrons. The summed E-state index contributed by atoms with van der Waals surface area (Å²) >= 11 is 3.78. The van der Waals surface area contributed by atoms with Crippen LogP contribution in [-0.4, -0.2) is 4.98 Å². The second kappa shape index (κ2) is 3.41. The van der Waals surface area contributed by atoms with Gasteiger partial charge in [-0.15, -0.1) is 0 Å². The summed E-state index contributed by atoms with van der Waals surface area (Å²) in [5, 5.41) is 0. The molecule has 0 bridgehead atoms. The number of nitrogens with one attached hydrogen (secondary N) is 1. The number of aromatic nitrogens is 1. The van der Waals surface area contributed by atoms with E-state index in [9.17, 15) is 0 Å². The van der Waals surface area contributed by atoms with Crippen molar-refractivity contribution in [2.75, 3.05) is 0 Å². The molecule has 0 aromatic carbocycles. The highest BCUT2D eigenvalue weighted by Gasteiger charge is 2.26. The van der Waals surface area contributed by atoms with Crippen molar-refractivity contribution in [1.82, 2.24) is 4.98 Å². The van der Waals surface area contributed by atoms with Crippen molar-refractivity contribution >= 4 is 15.9 Å². The van der Waals surface area contributed by atoms with Crippen LogP contribution >= 0.6 is 15.9 Å². The Morgan fingerprint density at radius 2 is 1.86 bits per heavy atom. The second-order valence-electron chi connectivity index (χ2n) is 4.64. The molecular weight excluding hydrogens is 238 g/mol. The van der Waals surface area contributed by atoms with Crippen LogP contribution in [0.3, 0.4) is 0 Å². The molecule has 0 spiro atoms. The number of aryl methyl sites for hydroxylation is 1. The molecule has 1 heterocycles. The molecular formula is C12H16BrN. The zero-order valence-electron chi connectivity index (χ0n) is 8.41. The summed E-state index contributed by atoms with van der Waals surface area (Å²) in [4.78, 5) is 3.66. The van der Waals surface area contributed by atoms with Gasteiger partial charge < -0.3 is 4.98 Å². The molecule has 2 aliphatic carbocycles. The highest BCUT2D eigenvalue weighted by atomic mass is 79.9. The monoisotopic (exact) mass is 253 g/mol. The van der Waals surface area contributed by atoms with E-state index in [0.717, 1.165) is 5.92 Å². The molecule has 1 aromatic heterocycles. The van der Waals surface area contributed by atoms with Crippen LogP contribution in [0.5, 0.6) is 0 Å². The first-order chi connectivity index (χ1) is 6.86. The van der Waals surface area contributed by atoms with Crippen molar-refractivity contribution in [2.24, 2.45) is 0 Å². The number of aromatic amines is 1. The SMILES string of the molecule is Brc1c(C2CCCC2)[nH]c2c1CCC2. The normalized spacial score (nSPS) is 21.8. The highest BCUT2D eigenvalue weighted by molar-refractivity contribution is 9.10. The lowest BCUT2D eigenvalue weighted by Gasteiger charge is -2.08. The third-order valence-electron chi connectivity index (χ3n) is 3.77. The van der Waals surface area contributed by atoms with E-state index < -0.39 is 0 Å². The average Bonchev–Trinajstić information content (AvgIpc) is 2.84. The summed E-state index contributed by atoms with van der Waals surface area (Å²) in [5.74, 6) is 0.815. The fourth-order valence-electron chi connectivity index (χ4n) is 3.00. The average molecular weight is 254 g/mol. The molecule has 1 nitrogen and oxygen atoms in total. The maximum Gasteiger partial charge on any atom is 0.0420 e. The minimum Gasteiger partial charge on any atom is -0.361 e. The third-order valence-corrected chi connectivity index (χ3v) is 4.67. The largest absolute Gasteiger partial charge is 0.361 e. The van der Waals surface area contributed by atoms with Gasteiger partial charge in [0, 0.05) is 21.8 Å². The van der Waals surface area contributed by atoms with E-state index in [1.165, 1.54) is 60.8 Å². The maximum atomic E-state index is 3.78.